The highest BCUT2D eigenvalue weighted by Crippen LogP contribution is 2.31. The third kappa shape index (κ3) is 6.20. The fourth-order valence-electron chi connectivity index (χ4n) is 2.66. The summed E-state index contributed by atoms with van der Waals surface area (Å²) in [6, 6.07) is 4.96. The lowest BCUT2D eigenvalue weighted by atomic mass is 9.96. The Morgan fingerprint density at radius 3 is 2.21 bits per heavy atom. The van der Waals surface area contributed by atoms with Gasteiger partial charge in [-0.05, 0) is 30.4 Å². The van der Waals surface area contributed by atoms with Gasteiger partial charge in [0.05, 0.1) is 11.4 Å². The van der Waals surface area contributed by atoms with Gasteiger partial charge < -0.3 is 20.4 Å². The number of benzene rings is 1. The molecule has 0 aliphatic carbocycles. The minimum atomic E-state index is -4.88. The topological polar surface area (TPSA) is 64.7 Å². The average Bonchev–Trinajstić information content (AvgIpc) is 2.59. The molecule has 0 atom stereocenters. The number of nitrogens with one attached hydrogen (secondary N) is 2. The quantitative estimate of drug-likeness (QED) is 0.676. The van der Waals surface area contributed by atoms with E-state index in [0.29, 0.717) is 16.4 Å². The van der Waals surface area contributed by atoms with Crippen LogP contribution in [0.4, 0.5) is 24.5 Å². The Morgan fingerprint density at radius 2 is 1.69 bits per heavy atom. The Balaban J connectivity index is 2.10. The summed E-state index contributed by atoms with van der Waals surface area (Å²) in [4.78, 5) is 26.1. The zero-order valence-electron chi connectivity index (χ0n) is 16.2. The van der Waals surface area contributed by atoms with Crippen molar-refractivity contribution in [2.75, 3.05) is 36.4 Å². The minimum Gasteiger partial charge on any atom is -0.366 e. The minimum absolute atomic E-state index is 0.0639. The molecular formula is C18H22ClF3N4O2S. The van der Waals surface area contributed by atoms with Gasteiger partial charge in [0.25, 0.3) is 0 Å². The van der Waals surface area contributed by atoms with Gasteiger partial charge in [-0.1, -0.05) is 32.4 Å². The van der Waals surface area contributed by atoms with Crippen molar-refractivity contribution in [2.24, 2.45) is 5.41 Å². The number of rotatable bonds is 2. The zero-order chi connectivity index (χ0) is 22.0. The van der Waals surface area contributed by atoms with Crippen molar-refractivity contribution in [3.63, 3.8) is 0 Å². The van der Waals surface area contributed by atoms with E-state index in [4.69, 9.17) is 23.8 Å². The van der Waals surface area contributed by atoms with E-state index in [1.807, 2.05) is 4.90 Å². The molecule has 1 aromatic rings. The fraction of sp³-hybridized carbons (Fsp3) is 0.500. The number of hydrogen-bond acceptors (Lipinski definition) is 4. The first-order chi connectivity index (χ1) is 13.3. The highest BCUT2D eigenvalue weighted by atomic mass is 35.5. The molecule has 1 aromatic carbocycles. The van der Waals surface area contributed by atoms with Gasteiger partial charge in [-0.25, -0.2) is 0 Å². The number of carbonyl (C=O) groups excluding carboxylic acids is 2. The molecule has 0 bridgehead atoms. The number of hydrogen-bond donors (Lipinski definition) is 2. The van der Waals surface area contributed by atoms with Gasteiger partial charge in [0, 0.05) is 36.6 Å². The van der Waals surface area contributed by atoms with Gasteiger partial charge in [-0.2, -0.15) is 13.2 Å². The molecule has 0 aromatic heterocycles. The van der Waals surface area contributed by atoms with E-state index in [9.17, 15) is 22.8 Å². The van der Waals surface area contributed by atoms with Crippen molar-refractivity contribution in [1.82, 2.24) is 10.2 Å². The van der Waals surface area contributed by atoms with Gasteiger partial charge in [-0.15, -0.1) is 0 Å². The molecule has 0 unspecified atom stereocenters. The molecule has 0 spiro atoms. The van der Waals surface area contributed by atoms with E-state index in [1.165, 1.54) is 0 Å². The first-order valence-electron chi connectivity index (χ1n) is 8.82. The smallest absolute Gasteiger partial charge is 0.366 e. The van der Waals surface area contributed by atoms with Crippen LogP contribution in [0.2, 0.25) is 5.02 Å². The summed E-state index contributed by atoms with van der Waals surface area (Å²) in [6.45, 7) is 5.53. The predicted octanol–water partition coefficient (Wildman–Crippen LogP) is 3.41. The van der Waals surface area contributed by atoms with Crippen LogP contribution < -0.4 is 15.5 Å². The lowest BCUT2D eigenvalue weighted by Gasteiger charge is -2.37. The molecule has 160 valence electrons. The molecule has 1 aliphatic rings. The maximum atomic E-state index is 12.6. The largest absolute Gasteiger partial charge is 0.471 e. The van der Waals surface area contributed by atoms with Crippen LogP contribution in [0.15, 0.2) is 18.2 Å². The van der Waals surface area contributed by atoms with Crippen molar-refractivity contribution >= 4 is 52.1 Å². The summed E-state index contributed by atoms with van der Waals surface area (Å²) in [6.07, 6.45) is -4.88. The van der Waals surface area contributed by atoms with Gasteiger partial charge >= 0.3 is 12.1 Å². The number of thiocarbonyl (C=S) groups is 1. The number of nitrogens with zero attached hydrogens (tertiary/aromatic N) is 2. The second kappa shape index (κ2) is 8.74. The first kappa shape index (κ1) is 23.2. The number of piperazine rings is 1. The van der Waals surface area contributed by atoms with Crippen molar-refractivity contribution in [1.29, 1.82) is 0 Å². The van der Waals surface area contributed by atoms with E-state index >= 15 is 0 Å². The van der Waals surface area contributed by atoms with Crippen molar-refractivity contribution in [3.8, 4) is 0 Å². The van der Waals surface area contributed by atoms with Crippen LogP contribution in [0.3, 0.4) is 0 Å². The van der Waals surface area contributed by atoms with Gasteiger partial charge in [-0.3, -0.25) is 9.59 Å². The van der Waals surface area contributed by atoms with E-state index in [2.05, 4.69) is 10.6 Å². The SMILES string of the molecule is CC(C)(C)C(=O)NC(=S)Nc1cc(Cl)ccc1N1CCN(C(=O)C(F)(F)F)CC1. The van der Waals surface area contributed by atoms with Crippen molar-refractivity contribution in [2.45, 2.75) is 26.9 Å². The standard InChI is InChI=1S/C18H22ClF3N4O2S/c1-17(2,3)14(27)24-16(29)23-12-10-11(19)4-5-13(12)25-6-8-26(9-7-25)15(28)18(20,21)22/h4-5,10H,6-9H2,1-3H3,(H2,23,24,27,29). The summed E-state index contributed by atoms with van der Waals surface area (Å²) in [5, 5.41) is 6.03. The lowest BCUT2D eigenvalue weighted by molar-refractivity contribution is -0.185. The summed E-state index contributed by atoms with van der Waals surface area (Å²) in [5.41, 5.74) is 0.526. The van der Waals surface area contributed by atoms with Crippen LogP contribution in [-0.4, -0.2) is 54.2 Å². The third-order valence-electron chi connectivity index (χ3n) is 4.27. The zero-order valence-corrected chi connectivity index (χ0v) is 17.8. The molecule has 2 N–H and O–H groups in total. The monoisotopic (exact) mass is 450 g/mol. The molecule has 29 heavy (non-hydrogen) atoms. The summed E-state index contributed by atoms with van der Waals surface area (Å²) in [7, 11) is 0. The van der Waals surface area contributed by atoms with Crippen molar-refractivity contribution < 1.29 is 22.8 Å². The number of amides is 2. The molecule has 11 heteroatoms. The molecule has 2 rings (SSSR count). The maximum absolute atomic E-state index is 12.6. The third-order valence-corrected chi connectivity index (χ3v) is 4.70. The lowest BCUT2D eigenvalue weighted by Crippen LogP contribution is -2.52. The van der Waals surface area contributed by atoms with E-state index < -0.39 is 17.5 Å². The number of alkyl halides is 3. The van der Waals surface area contributed by atoms with Crippen molar-refractivity contribution in [3.05, 3.63) is 23.2 Å². The fourth-order valence-corrected chi connectivity index (χ4v) is 3.03. The Hall–Kier alpha value is -2.07. The molecule has 1 saturated heterocycles. The molecule has 1 aliphatic heterocycles. The van der Waals surface area contributed by atoms with E-state index in [1.54, 1.807) is 39.0 Å². The van der Waals surface area contributed by atoms with E-state index in [0.717, 1.165) is 4.90 Å². The van der Waals surface area contributed by atoms with Crippen LogP contribution in [0.5, 0.6) is 0 Å². The van der Waals surface area contributed by atoms with Crippen LogP contribution in [-0.2, 0) is 9.59 Å². The predicted molar refractivity (Wildman–Crippen MR) is 110 cm³/mol. The average molecular weight is 451 g/mol. The number of halogens is 4. The molecule has 2 amide bonds. The highest BCUT2D eigenvalue weighted by molar-refractivity contribution is 7.80. The second-order valence-corrected chi connectivity index (χ2v) is 8.44. The highest BCUT2D eigenvalue weighted by Gasteiger charge is 2.43. The molecule has 0 radical (unpaired) electrons. The van der Waals surface area contributed by atoms with Gasteiger partial charge in [0.15, 0.2) is 5.11 Å². The summed E-state index contributed by atoms with van der Waals surface area (Å²) < 4.78 is 37.8. The number of anilines is 2. The molecule has 0 saturated carbocycles. The van der Waals surface area contributed by atoms with Crippen LogP contribution in [0.1, 0.15) is 20.8 Å². The summed E-state index contributed by atoms with van der Waals surface area (Å²) in [5.74, 6) is -2.10. The number of carbonyl (C=O) groups is 2. The molecule has 1 heterocycles. The van der Waals surface area contributed by atoms with Crippen LogP contribution in [0, 0.1) is 5.41 Å². The molecular weight excluding hydrogens is 429 g/mol. The van der Waals surface area contributed by atoms with E-state index in [-0.39, 0.29) is 37.2 Å². The Labute approximate surface area is 177 Å². The van der Waals surface area contributed by atoms with Gasteiger partial charge in [0.2, 0.25) is 5.91 Å². The molecule has 6 nitrogen and oxygen atoms in total. The second-order valence-electron chi connectivity index (χ2n) is 7.60. The Morgan fingerprint density at radius 1 is 1.10 bits per heavy atom. The van der Waals surface area contributed by atoms with Gasteiger partial charge in [0.1, 0.15) is 0 Å². The Kier molecular flexibility index (Phi) is 7.00. The maximum Gasteiger partial charge on any atom is 0.471 e. The first-order valence-corrected chi connectivity index (χ1v) is 9.60. The molecule has 1 fully saturated rings. The van der Waals surface area contributed by atoms with Crippen LogP contribution in [0.25, 0.3) is 0 Å². The normalized spacial score (nSPS) is 15.1. The summed E-state index contributed by atoms with van der Waals surface area (Å²) >= 11 is 11.3. The Bertz CT molecular complexity index is 803. The van der Waals surface area contributed by atoms with Crippen LogP contribution >= 0.6 is 23.8 Å².